The van der Waals surface area contributed by atoms with Gasteiger partial charge in [0.05, 0.1) is 11.4 Å². The Morgan fingerprint density at radius 1 is 0.737 bits per heavy atom. The number of hydrogen-bond acceptors (Lipinski definition) is 0. The van der Waals surface area contributed by atoms with Crippen molar-refractivity contribution >= 4 is 11.6 Å². The van der Waals surface area contributed by atoms with Gasteiger partial charge in [-0.2, -0.15) is 0 Å². The zero-order valence-corrected chi connectivity index (χ0v) is 10.0. The van der Waals surface area contributed by atoms with E-state index in [-0.39, 0.29) is 5.56 Å². The predicted octanol–water partition coefficient (Wildman–Crippen LogP) is 4.79. The third-order valence-electron chi connectivity index (χ3n) is 2.62. The maximum atomic E-state index is 13.7. The van der Waals surface area contributed by atoms with Crippen LogP contribution in [0.5, 0.6) is 0 Å². The summed E-state index contributed by atoms with van der Waals surface area (Å²) in [7, 11) is 0. The Bertz CT molecular complexity index is 593. The summed E-state index contributed by atoms with van der Waals surface area (Å²) in [6.45, 7) is 0. The van der Waals surface area contributed by atoms with E-state index in [1.807, 2.05) is 0 Å². The van der Waals surface area contributed by atoms with E-state index in [0.29, 0.717) is 0 Å². The van der Waals surface area contributed by atoms with Crippen molar-refractivity contribution in [2.75, 3.05) is 0 Å². The molecule has 0 aromatic heterocycles. The smallest absolute Gasteiger partial charge is 0.170 e. The van der Waals surface area contributed by atoms with Gasteiger partial charge in [0.15, 0.2) is 23.3 Å². The summed E-state index contributed by atoms with van der Waals surface area (Å²) in [5.41, 5.74) is -1.93. The van der Waals surface area contributed by atoms with Crippen molar-refractivity contribution in [1.82, 2.24) is 0 Å². The molecule has 6 heteroatoms. The minimum absolute atomic E-state index is 0.171. The molecule has 19 heavy (non-hydrogen) atoms. The third kappa shape index (κ3) is 2.30. The van der Waals surface area contributed by atoms with Gasteiger partial charge in [0.2, 0.25) is 0 Å². The number of rotatable bonds is 2. The van der Waals surface area contributed by atoms with Crippen LogP contribution in [0.15, 0.2) is 24.3 Å². The molecule has 0 N–H and O–H groups in total. The van der Waals surface area contributed by atoms with Gasteiger partial charge in [0, 0.05) is 5.56 Å². The van der Waals surface area contributed by atoms with E-state index < -0.39 is 46.1 Å². The molecule has 100 valence electrons. The minimum Gasteiger partial charge on any atom is -0.207 e. The standard InChI is InChI=1S/C13H6ClF5/c14-5-8-10(16)12(18)9(13(19)11(8)17)6-1-3-7(15)4-2-6/h1-4H,5H2. The highest BCUT2D eigenvalue weighted by atomic mass is 35.5. The molecule has 0 nitrogen and oxygen atoms in total. The fraction of sp³-hybridized carbons (Fsp3) is 0.0769. The largest absolute Gasteiger partial charge is 0.207 e. The highest BCUT2D eigenvalue weighted by molar-refractivity contribution is 6.17. The Hall–Kier alpha value is -1.62. The molecule has 2 aromatic rings. The molecule has 0 aliphatic rings. The molecule has 0 atom stereocenters. The van der Waals surface area contributed by atoms with Crippen molar-refractivity contribution in [2.24, 2.45) is 0 Å². The van der Waals surface area contributed by atoms with Crippen molar-refractivity contribution in [3.8, 4) is 11.1 Å². The molecule has 0 fully saturated rings. The second-order valence-corrected chi connectivity index (χ2v) is 4.02. The topological polar surface area (TPSA) is 0 Å². The van der Waals surface area contributed by atoms with E-state index >= 15 is 0 Å². The molecule has 2 rings (SSSR count). The van der Waals surface area contributed by atoms with Gasteiger partial charge in [0.1, 0.15) is 5.82 Å². The summed E-state index contributed by atoms with van der Waals surface area (Å²) in [5.74, 6) is -7.54. The Kier molecular flexibility index (Phi) is 3.75. The van der Waals surface area contributed by atoms with Crippen LogP contribution in [-0.4, -0.2) is 0 Å². The average molecular weight is 293 g/mol. The lowest BCUT2D eigenvalue weighted by Crippen LogP contribution is -2.04. The van der Waals surface area contributed by atoms with Crippen LogP contribution < -0.4 is 0 Å². The normalized spacial score (nSPS) is 10.8. The lowest BCUT2D eigenvalue weighted by atomic mass is 10.0. The highest BCUT2D eigenvalue weighted by Gasteiger charge is 2.25. The summed E-state index contributed by atoms with van der Waals surface area (Å²) in [4.78, 5) is 0. The Labute approximate surface area is 110 Å². The van der Waals surface area contributed by atoms with Gasteiger partial charge in [-0.1, -0.05) is 12.1 Å². The lowest BCUT2D eigenvalue weighted by molar-refractivity contribution is 0.448. The van der Waals surface area contributed by atoms with E-state index in [1.165, 1.54) is 0 Å². The van der Waals surface area contributed by atoms with Gasteiger partial charge in [-0.25, -0.2) is 22.0 Å². The molecule has 0 bridgehead atoms. The van der Waals surface area contributed by atoms with Gasteiger partial charge < -0.3 is 0 Å². The minimum atomic E-state index is -1.55. The molecule has 0 saturated carbocycles. The number of benzene rings is 2. The molecule has 0 amide bonds. The quantitative estimate of drug-likeness (QED) is 0.424. The van der Waals surface area contributed by atoms with Gasteiger partial charge in [-0.05, 0) is 17.7 Å². The van der Waals surface area contributed by atoms with E-state index in [1.54, 1.807) is 0 Å². The summed E-state index contributed by atoms with van der Waals surface area (Å²) < 4.78 is 67.3. The van der Waals surface area contributed by atoms with E-state index in [2.05, 4.69) is 0 Å². The van der Waals surface area contributed by atoms with Crippen molar-refractivity contribution < 1.29 is 22.0 Å². The molecular weight excluding hydrogens is 287 g/mol. The first-order chi connectivity index (χ1) is 8.97. The summed E-state index contributed by atoms with van der Waals surface area (Å²) >= 11 is 5.24. The second-order valence-electron chi connectivity index (χ2n) is 3.75. The van der Waals surface area contributed by atoms with Crippen LogP contribution in [0.2, 0.25) is 0 Å². The zero-order valence-electron chi connectivity index (χ0n) is 9.28. The average Bonchev–Trinajstić information content (AvgIpc) is 2.40. The van der Waals surface area contributed by atoms with E-state index in [4.69, 9.17) is 11.6 Å². The Morgan fingerprint density at radius 3 is 1.63 bits per heavy atom. The first kappa shape index (κ1) is 13.8. The third-order valence-corrected chi connectivity index (χ3v) is 2.89. The maximum Gasteiger partial charge on any atom is 0.170 e. The van der Waals surface area contributed by atoms with E-state index in [0.717, 1.165) is 24.3 Å². The highest BCUT2D eigenvalue weighted by Crippen LogP contribution is 2.32. The molecule has 0 radical (unpaired) electrons. The van der Waals surface area contributed by atoms with Gasteiger partial charge in [0.25, 0.3) is 0 Å². The molecular formula is C13H6ClF5. The monoisotopic (exact) mass is 292 g/mol. The number of halogens is 6. The first-order valence-corrected chi connectivity index (χ1v) is 5.67. The van der Waals surface area contributed by atoms with Crippen molar-refractivity contribution in [3.05, 3.63) is 58.9 Å². The van der Waals surface area contributed by atoms with Crippen LogP contribution in [0.4, 0.5) is 22.0 Å². The molecule has 0 heterocycles. The molecule has 0 unspecified atom stereocenters. The van der Waals surface area contributed by atoms with Crippen LogP contribution in [0.3, 0.4) is 0 Å². The van der Waals surface area contributed by atoms with Crippen LogP contribution >= 0.6 is 11.6 Å². The second kappa shape index (κ2) is 5.17. The molecule has 0 spiro atoms. The van der Waals surface area contributed by atoms with Crippen LogP contribution in [0, 0.1) is 29.1 Å². The SMILES string of the molecule is Fc1ccc(-c2c(F)c(F)c(CCl)c(F)c2F)cc1. The van der Waals surface area contributed by atoms with Gasteiger partial charge in [-0.15, -0.1) is 11.6 Å². The number of hydrogen-bond donors (Lipinski definition) is 0. The summed E-state index contributed by atoms with van der Waals surface area (Å²) in [6, 6.07) is 3.91. The van der Waals surface area contributed by atoms with Crippen LogP contribution in [0.25, 0.3) is 11.1 Å². The van der Waals surface area contributed by atoms with Crippen molar-refractivity contribution in [3.63, 3.8) is 0 Å². The molecule has 0 aliphatic carbocycles. The molecule has 0 saturated heterocycles. The van der Waals surface area contributed by atoms with Crippen molar-refractivity contribution in [2.45, 2.75) is 5.88 Å². The molecule has 2 aromatic carbocycles. The predicted molar refractivity (Wildman–Crippen MR) is 61.2 cm³/mol. The molecule has 0 aliphatic heterocycles. The Balaban J connectivity index is 2.74. The fourth-order valence-electron chi connectivity index (χ4n) is 1.66. The first-order valence-electron chi connectivity index (χ1n) is 5.14. The van der Waals surface area contributed by atoms with E-state index in [9.17, 15) is 22.0 Å². The fourth-order valence-corrected chi connectivity index (χ4v) is 1.90. The summed E-state index contributed by atoms with van der Waals surface area (Å²) in [6.07, 6.45) is 0. The van der Waals surface area contributed by atoms with Crippen LogP contribution in [0.1, 0.15) is 5.56 Å². The summed E-state index contributed by atoms with van der Waals surface area (Å²) in [5, 5.41) is 0. The van der Waals surface area contributed by atoms with Gasteiger partial charge >= 0.3 is 0 Å². The number of alkyl halides is 1. The lowest BCUT2D eigenvalue weighted by Gasteiger charge is -2.10. The maximum absolute atomic E-state index is 13.7. The zero-order chi connectivity index (χ0) is 14.2. The Morgan fingerprint density at radius 2 is 1.21 bits per heavy atom. The van der Waals surface area contributed by atoms with Crippen LogP contribution in [-0.2, 0) is 5.88 Å². The van der Waals surface area contributed by atoms with Gasteiger partial charge in [-0.3, -0.25) is 0 Å². The van der Waals surface area contributed by atoms with Crippen molar-refractivity contribution in [1.29, 1.82) is 0 Å².